The molecule has 0 spiro atoms. The van der Waals surface area contributed by atoms with E-state index in [4.69, 9.17) is 10.5 Å². The minimum atomic E-state index is -0.190. The van der Waals surface area contributed by atoms with Crippen LogP contribution in [0, 0.1) is 41.4 Å². The Bertz CT molecular complexity index is 901. The zero-order valence-electron chi connectivity index (χ0n) is 20.5. The van der Waals surface area contributed by atoms with Gasteiger partial charge in [-0.1, -0.05) is 26.7 Å². The molecule has 5 rings (SSSR count). The van der Waals surface area contributed by atoms with Crippen molar-refractivity contribution >= 4 is 11.6 Å². The van der Waals surface area contributed by atoms with Gasteiger partial charge >= 0.3 is 0 Å². The van der Waals surface area contributed by atoms with E-state index in [0.717, 1.165) is 36.1 Å². The molecule has 4 fully saturated rings. The van der Waals surface area contributed by atoms with Gasteiger partial charge < -0.3 is 10.5 Å². The molecule has 5 heteroatoms. The number of nitrogen functional groups attached to an aromatic ring is 1. The quantitative estimate of drug-likeness (QED) is 0.673. The molecule has 1 heterocycles. The fourth-order valence-electron chi connectivity index (χ4n) is 8.59. The molecule has 5 nitrogen and oxygen atoms in total. The van der Waals surface area contributed by atoms with Gasteiger partial charge in [-0.25, -0.2) is 4.57 Å². The van der Waals surface area contributed by atoms with Crippen molar-refractivity contribution in [2.75, 3.05) is 12.3 Å². The Morgan fingerprint density at radius 1 is 1.16 bits per heavy atom. The first kappa shape index (κ1) is 22.3. The van der Waals surface area contributed by atoms with E-state index in [1.807, 2.05) is 20.0 Å². The van der Waals surface area contributed by atoms with Crippen LogP contribution >= 0.6 is 0 Å². The van der Waals surface area contributed by atoms with Crippen LogP contribution < -0.4 is 10.3 Å². The summed E-state index contributed by atoms with van der Waals surface area (Å²) in [5.74, 6) is 4.70. The van der Waals surface area contributed by atoms with E-state index in [0.29, 0.717) is 42.1 Å². The fourth-order valence-corrected chi connectivity index (χ4v) is 8.59. The maximum Gasteiger partial charge on any atom is 0.298 e. The maximum absolute atomic E-state index is 14.0. The van der Waals surface area contributed by atoms with Gasteiger partial charge in [0.2, 0.25) is 5.82 Å². The molecular weight excluding hydrogens is 398 g/mol. The van der Waals surface area contributed by atoms with Crippen molar-refractivity contribution in [2.24, 2.45) is 34.5 Å². The van der Waals surface area contributed by atoms with Crippen LogP contribution in [-0.4, -0.2) is 17.4 Å². The minimum absolute atomic E-state index is 0.117. The van der Waals surface area contributed by atoms with E-state index in [1.165, 1.54) is 44.9 Å². The van der Waals surface area contributed by atoms with Gasteiger partial charge in [0.25, 0.3) is 5.82 Å². The first-order valence-electron chi connectivity index (χ1n) is 13.1. The number of aromatic nitrogens is 2. The lowest BCUT2D eigenvalue weighted by Crippen LogP contribution is -2.53. The lowest BCUT2D eigenvalue weighted by molar-refractivity contribution is -0.717. The van der Waals surface area contributed by atoms with Gasteiger partial charge in [-0.2, -0.15) is 0 Å². The standard InChI is InChI=1S/C27H41N3O2/c1-5-32-16-18-15-30(17(2)29-25(18)28)23-14-22-20-10-9-19-8-6-7-12-26(19,3)21(20)11-13-27(22,4)24(23)31/h15,19-23,28H,5-14,16H2,1-4H3/p+1/t19?,20?,21?,22?,23-,26-,27-/m0/s1. The molecule has 0 saturated heterocycles. The molecule has 4 unspecified atom stereocenters. The molecule has 0 aliphatic heterocycles. The average molecular weight is 441 g/mol. The fraction of sp³-hybridized carbons (Fsp3) is 0.815. The summed E-state index contributed by atoms with van der Waals surface area (Å²) in [4.78, 5) is 18.6. The molecule has 1 aromatic rings. The number of Topliss-reactive ketones (excluding diaryl/α,β-unsaturated/α-hetero) is 1. The first-order valence-corrected chi connectivity index (χ1v) is 13.1. The second-order valence-corrected chi connectivity index (χ2v) is 11.7. The van der Waals surface area contributed by atoms with Crippen LogP contribution in [-0.2, 0) is 16.1 Å². The molecule has 0 radical (unpaired) electrons. The molecule has 4 aliphatic carbocycles. The summed E-state index contributed by atoms with van der Waals surface area (Å²) >= 11 is 0. The smallest absolute Gasteiger partial charge is 0.298 e. The van der Waals surface area contributed by atoms with E-state index >= 15 is 0 Å². The number of hydrogen-bond donors (Lipinski definition) is 1. The largest absolute Gasteiger partial charge is 0.377 e. The lowest BCUT2D eigenvalue weighted by atomic mass is 9.45. The Morgan fingerprint density at radius 3 is 2.75 bits per heavy atom. The molecule has 0 aromatic carbocycles. The molecular formula is C27H42N3O2+. The number of carbonyl (C=O) groups excluding carboxylic acids is 1. The SMILES string of the molecule is CCOCc1c[n+]([C@H]2CC3C4CCC5CCCC[C@]5(C)C4CC[C@]3(C)C2=O)c(C)nc1N. The Labute approximate surface area is 193 Å². The van der Waals surface area contributed by atoms with E-state index in [-0.39, 0.29) is 11.5 Å². The second-order valence-electron chi connectivity index (χ2n) is 11.7. The molecule has 4 aliphatic rings. The zero-order chi connectivity index (χ0) is 22.7. The highest BCUT2D eigenvalue weighted by molar-refractivity contribution is 5.89. The molecule has 0 amide bonds. The normalized spacial score (nSPS) is 41.1. The number of fused-ring (bicyclic) bond motifs is 5. The predicted octanol–water partition coefficient (Wildman–Crippen LogP) is 4.95. The summed E-state index contributed by atoms with van der Waals surface area (Å²) in [5.41, 5.74) is 7.38. The lowest BCUT2D eigenvalue weighted by Gasteiger charge is -2.59. The highest BCUT2D eigenvalue weighted by Gasteiger charge is 2.63. The van der Waals surface area contributed by atoms with Gasteiger partial charge in [0, 0.05) is 18.9 Å². The van der Waals surface area contributed by atoms with Crippen molar-refractivity contribution in [3.05, 3.63) is 17.6 Å². The third kappa shape index (κ3) is 3.25. The predicted molar refractivity (Wildman–Crippen MR) is 125 cm³/mol. The number of hydrogen-bond acceptors (Lipinski definition) is 4. The summed E-state index contributed by atoms with van der Waals surface area (Å²) in [6.45, 7) is 9.94. The molecule has 4 saturated carbocycles. The van der Waals surface area contributed by atoms with Gasteiger partial charge in [0.1, 0.15) is 6.20 Å². The Kier molecular flexibility index (Phi) is 5.63. The van der Waals surface area contributed by atoms with Crippen LogP contribution in [0.4, 0.5) is 5.82 Å². The van der Waals surface area contributed by atoms with Gasteiger partial charge in [0.05, 0.1) is 12.2 Å². The van der Waals surface area contributed by atoms with Crippen molar-refractivity contribution in [3.8, 4) is 0 Å². The monoisotopic (exact) mass is 440 g/mol. The summed E-state index contributed by atoms with van der Waals surface area (Å²) in [6.07, 6.45) is 13.6. The number of rotatable bonds is 4. The number of nitrogens with two attached hydrogens (primary N) is 1. The van der Waals surface area contributed by atoms with Crippen molar-refractivity contribution in [1.29, 1.82) is 0 Å². The average Bonchev–Trinajstić information content (AvgIpc) is 3.04. The van der Waals surface area contributed by atoms with Crippen LogP contribution in [0.1, 0.15) is 96.0 Å². The number of nitrogens with zero attached hydrogens (tertiary/aromatic N) is 2. The first-order chi connectivity index (χ1) is 15.3. The molecule has 7 atom stereocenters. The van der Waals surface area contributed by atoms with Gasteiger partial charge in [-0.15, -0.1) is 0 Å². The highest BCUT2D eigenvalue weighted by Crippen LogP contribution is 2.66. The van der Waals surface area contributed by atoms with E-state index < -0.39 is 0 Å². The number of ketones is 1. The van der Waals surface area contributed by atoms with Crippen molar-refractivity contribution in [1.82, 2.24) is 4.98 Å². The molecule has 0 bridgehead atoms. The van der Waals surface area contributed by atoms with E-state index in [1.54, 1.807) is 0 Å². The number of aryl methyl sites for hydroxylation is 1. The number of ether oxygens (including phenoxy) is 1. The number of carbonyl (C=O) groups is 1. The minimum Gasteiger partial charge on any atom is -0.377 e. The van der Waals surface area contributed by atoms with Gasteiger partial charge in [-0.05, 0) is 85.9 Å². The second kappa shape index (κ2) is 8.07. The Balaban J connectivity index is 1.46. The van der Waals surface area contributed by atoms with Crippen LogP contribution in [0.3, 0.4) is 0 Å². The zero-order valence-corrected chi connectivity index (χ0v) is 20.5. The van der Waals surface area contributed by atoms with E-state index in [9.17, 15) is 4.79 Å². The third-order valence-electron chi connectivity index (χ3n) is 10.4. The van der Waals surface area contributed by atoms with Crippen molar-refractivity contribution in [2.45, 2.75) is 98.1 Å². The van der Waals surface area contributed by atoms with Crippen molar-refractivity contribution < 1.29 is 14.1 Å². The summed E-state index contributed by atoms with van der Waals surface area (Å²) < 4.78 is 7.74. The summed E-state index contributed by atoms with van der Waals surface area (Å²) in [6, 6.07) is -0.117. The van der Waals surface area contributed by atoms with Crippen LogP contribution in [0.2, 0.25) is 0 Å². The molecule has 176 valence electrons. The number of anilines is 1. The van der Waals surface area contributed by atoms with Crippen molar-refractivity contribution in [3.63, 3.8) is 0 Å². The Morgan fingerprint density at radius 2 is 1.97 bits per heavy atom. The molecule has 32 heavy (non-hydrogen) atoms. The third-order valence-corrected chi connectivity index (χ3v) is 10.4. The summed E-state index contributed by atoms with van der Waals surface area (Å²) in [5, 5.41) is 0. The Hall–Kier alpha value is -1.49. The molecule has 2 N–H and O–H groups in total. The van der Waals surface area contributed by atoms with Crippen LogP contribution in [0.5, 0.6) is 0 Å². The highest BCUT2D eigenvalue weighted by atomic mass is 16.5. The van der Waals surface area contributed by atoms with Gasteiger partial charge in [0.15, 0.2) is 11.8 Å². The molecule has 1 aromatic heterocycles. The van der Waals surface area contributed by atoms with Gasteiger partial charge in [-0.3, -0.25) is 4.79 Å². The van der Waals surface area contributed by atoms with Crippen LogP contribution in [0.15, 0.2) is 6.20 Å². The topological polar surface area (TPSA) is 69.1 Å². The van der Waals surface area contributed by atoms with E-state index in [2.05, 4.69) is 23.4 Å². The maximum atomic E-state index is 14.0. The van der Waals surface area contributed by atoms with Crippen LogP contribution in [0.25, 0.3) is 0 Å². The summed E-state index contributed by atoms with van der Waals surface area (Å²) in [7, 11) is 0.